The van der Waals surface area contributed by atoms with Gasteiger partial charge in [0.1, 0.15) is 0 Å². The third-order valence-electron chi connectivity index (χ3n) is 3.97. The molecule has 23 heavy (non-hydrogen) atoms. The minimum atomic E-state index is 1.27. The first kappa shape index (κ1) is 14.0. The highest BCUT2D eigenvalue weighted by molar-refractivity contribution is 7.14. The van der Waals surface area contributed by atoms with Crippen molar-refractivity contribution in [3.63, 3.8) is 0 Å². The summed E-state index contributed by atoms with van der Waals surface area (Å²) in [6.07, 6.45) is 0. The molecule has 110 valence electrons. The van der Waals surface area contributed by atoms with Crippen LogP contribution in [0, 0.1) is 0 Å². The summed E-state index contributed by atoms with van der Waals surface area (Å²) in [4.78, 5) is 1.33. The van der Waals surface area contributed by atoms with Crippen LogP contribution in [0.15, 0.2) is 96.4 Å². The lowest BCUT2D eigenvalue weighted by Gasteiger charge is -2.09. The van der Waals surface area contributed by atoms with E-state index >= 15 is 0 Å². The van der Waals surface area contributed by atoms with Crippen molar-refractivity contribution >= 4 is 11.3 Å². The van der Waals surface area contributed by atoms with E-state index < -0.39 is 0 Å². The third kappa shape index (κ3) is 2.71. The van der Waals surface area contributed by atoms with Crippen molar-refractivity contribution in [2.75, 3.05) is 0 Å². The van der Waals surface area contributed by atoms with Gasteiger partial charge in [-0.15, -0.1) is 11.3 Å². The van der Waals surface area contributed by atoms with Crippen LogP contribution in [0.3, 0.4) is 0 Å². The van der Waals surface area contributed by atoms with Crippen LogP contribution in [0.25, 0.3) is 32.7 Å². The molecule has 1 aromatic heterocycles. The van der Waals surface area contributed by atoms with Gasteiger partial charge in [0, 0.05) is 16.0 Å². The van der Waals surface area contributed by atoms with Crippen LogP contribution < -0.4 is 0 Å². The average Bonchev–Trinajstić information content (AvgIpc) is 3.09. The van der Waals surface area contributed by atoms with Gasteiger partial charge >= 0.3 is 0 Å². The van der Waals surface area contributed by atoms with Crippen molar-refractivity contribution in [1.29, 1.82) is 0 Å². The van der Waals surface area contributed by atoms with E-state index in [1.54, 1.807) is 0 Å². The molecule has 0 nitrogen and oxygen atoms in total. The number of benzene rings is 3. The highest BCUT2D eigenvalue weighted by atomic mass is 32.1. The van der Waals surface area contributed by atoms with Crippen molar-refractivity contribution in [1.82, 2.24) is 0 Å². The van der Waals surface area contributed by atoms with Gasteiger partial charge in [0.15, 0.2) is 0 Å². The minimum Gasteiger partial charge on any atom is -0.142 e. The predicted molar refractivity (Wildman–Crippen MR) is 101 cm³/mol. The molecule has 0 saturated carbocycles. The Hall–Kier alpha value is -2.64. The summed E-state index contributed by atoms with van der Waals surface area (Å²) < 4.78 is 0. The van der Waals surface area contributed by atoms with Crippen LogP contribution in [0.4, 0.5) is 0 Å². The Morgan fingerprint density at radius 3 is 1.52 bits per heavy atom. The molecule has 0 bridgehead atoms. The first-order chi connectivity index (χ1) is 11.4. The van der Waals surface area contributed by atoms with Crippen molar-refractivity contribution in [3.05, 3.63) is 96.4 Å². The van der Waals surface area contributed by atoms with E-state index in [1.807, 2.05) is 11.3 Å². The molecule has 0 saturated heterocycles. The molecule has 4 aromatic rings. The summed E-state index contributed by atoms with van der Waals surface area (Å²) in [6, 6.07) is 32.0. The lowest BCUT2D eigenvalue weighted by molar-refractivity contribution is 1.62. The number of hydrogen-bond donors (Lipinski definition) is 0. The smallest absolute Gasteiger partial charge is 0.0427 e. The molecule has 0 unspecified atom stereocenters. The lowest BCUT2D eigenvalue weighted by atomic mass is 9.95. The maximum Gasteiger partial charge on any atom is 0.0427 e. The second-order valence-electron chi connectivity index (χ2n) is 5.45. The van der Waals surface area contributed by atoms with E-state index in [4.69, 9.17) is 0 Å². The van der Waals surface area contributed by atoms with Gasteiger partial charge in [-0.1, -0.05) is 91.0 Å². The minimum absolute atomic E-state index is 1.27. The molecule has 0 fully saturated rings. The fourth-order valence-corrected chi connectivity index (χ4v) is 3.99. The largest absolute Gasteiger partial charge is 0.142 e. The molecular formula is C22H16S. The molecular weight excluding hydrogens is 296 g/mol. The number of rotatable bonds is 3. The van der Waals surface area contributed by atoms with Crippen LogP contribution in [0.2, 0.25) is 0 Å². The molecule has 1 heteroatoms. The van der Waals surface area contributed by atoms with E-state index in [-0.39, 0.29) is 0 Å². The molecule has 0 atom stereocenters. The van der Waals surface area contributed by atoms with Gasteiger partial charge in [0.2, 0.25) is 0 Å². The Kier molecular flexibility index (Phi) is 3.79. The monoisotopic (exact) mass is 312 g/mol. The third-order valence-corrected chi connectivity index (χ3v) is 5.00. The van der Waals surface area contributed by atoms with Crippen LogP contribution in [-0.4, -0.2) is 0 Å². The van der Waals surface area contributed by atoms with Crippen molar-refractivity contribution in [2.24, 2.45) is 0 Å². The molecule has 0 amide bonds. The van der Waals surface area contributed by atoms with Gasteiger partial charge in [-0.2, -0.15) is 0 Å². The van der Waals surface area contributed by atoms with Gasteiger partial charge in [-0.3, -0.25) is 0 Å². The van der Waals surface area contributed by atoms with Crippen molar-refractivity contribution in [2.45, 2.75) is 0 Å². The molecule has 4 rings (SSSR count). The topological polar surface area (TPSA) is 0 Å². The normalized spacial score (nSPS) is 10.6. The molecule has 3 aromatic carbocycles. The fraction of sp³-hybridized carbons (Fsp3) is 0. The quantitative estimate of drug-likeness (QED) is 0.392. The summed E-state index contributed by atoms with van der Waals surface area (Å²) in [7, 11) is 0. The predicted octanol–water partition coefficient (Wildman–Crippen LogP) is 6.75. The zero-order valence-electron chi connectivity index (χ0n) is 12.6. The maximum atomic E-state index is 2.28. The SMILES string of the molecule is c1ccc(-c2csc(-c3ccccc3)c2-c2ccccc2)cc1. The summed E-state index contributed by atoms with van der Waals surface area (Å²) in [5.41, 5.74) is 6.45. The molecule has 1 heterocycles. The first-order valence-electron chi connectivity index (χ1n) is 7.71. The Bertz CT molecular complexity index is 834. The van der Waals surface area contributed by atoms with E-state index in [2.05, 4.69) is 96.4 Å². The molecule has 0 radical (unpaired) electrons. The van der Waals surface area contributed by atoms with E-state index in [0.717, 1.165) is 0 Å². The summed E-state index contributed by atoms with van der Waals surface area (Å²) in [5.74, 6) is 0. The Morgan fingerprint density at radius 2 is 0.957 bits per heavy atom. The van der Waals surface area contributed by atoms with Gasteiger partial charge < -0.3 is 0 Å². The van der Waals surface area contributed by atoms with Crippen LogP contribution >= 0.6 is 11.3 Å². The summed E-state index contributed by atoms with van der Waals surface area (Å²) in [6.45, 7) is 0. The lowest BCUT2D eigenvalue weighted by Crippen LogP contribution is -1.83. The summed E-state index contributed by atoms with van der Waals surface area (Å²) in [5, 5.41) is 2.28. The summed E-state index contributed by atoms with van der Waals surface area (Å²) >= 11 is 1.82. The second-order valence-corrected chi connectivity index (χ2v) is 6.33. The van der Waals surface area contributed by atoms with Crippen molar-refractivity contribution in [3.8, 4) is 32.7 Å². The highest BCUT2D eigenvalue weighted by Gasteiger charge is 2.16. The Balaban J connectivity index is 1.97. The van der Waals surface area contributed by atoms with E-state index in [0.29, 0.717) is 0 Å². The Morgan fingerprint density at radius 1 is 0.478 bits per heavy atom. The van der Waals surface area contributed by atoms with Gasteiger partial charge in [0.05, 0.1) is 0 Å². The molecule has 0 N–H and O–H groups in total. The molecule has 0 aliphatic carbocycles. The standard InChI is InChI=1S/C22H16S/c1-4-10-17(11-5-1)20-16-23-22(19-14-8-3-9-15-19)21(20)18-12-6-2-7-13-18/h1-16H. The average molecular weight is 312 g/mol. The van der Waals surface area contributed by atoms with E-state index in [9.17, 15) is 0 Å². The Labute approximate surface area is 140 Å². The molecule has 0 spiro atoms. The second kappa shape index (κ2) is 6.23. The van der Waals surface area contributed by atoms with E-state index in [1.165, 1.54) is 32.7 Å². The number of thiophene rings is 1. The number of hydrogen-bond acceptors (Lipinski definition) is 1. The first-order valence-corrected chi connectivity index (χ1v) is 8.59. The van der Waals surface area contributed by atoms with Crippen LogP contribution in [-0.2, 0) is 0 Å². The van der Waals surface area contributed by atoms with Gasteiger partial charge in [-0.05, 0) is 22.1 Å². The molecule has 0 aliphatic rings. The van der Waals surface area contributed by atoms with Crippen LogP contribution in [0.5, 0.6) is 0 Å². The highest BCUT2D eigenvalue weighted by Crippen LogP contribution is 2.44. The van der Waals surface area contributed by atoms with Gasteiger partial charge in [-0.25, -0.2) is 0 Å². The zero-order valence-corrected chi connectivity index (χ0v) is 13.5. The molecule has 0 aliphatic heterocycles. The zero-order chi connectivity index (χ0) is 15.5. The van der Waals surface area contributed by atoms with Crippen molar-refractivity contribution < 1.29 is 0 Å². The maximum absolute atomic E-state index is 2.28. The van der Waals surface area contributed by atoms with Crippen LogP contribution in [0.1, 0.15) is 0 Å². The fourth-order valence-electron chi connectivity index (χ4n) is 2.88. The van der Waals surface area contributed by atoms with Gasteiger partial charge in [0.25, 0.3) is 0 Å².